The molecule has 1 saturated heterocycles. The van der Waals surface area contributed by atoms with Crippen LogP contribution >= 0.6 is 0 Å². The third kappa shape index (κ3) is 4.39. The van der Waals surface area contributed by atoms with E-state index >= 15 is 0 Å². The molecule has 0 unspecified atom stereocenters. The lowest BCUT2D eigenvalue weighted by Gasteiger charge is -2.38. The van der Waals surface area contributed by atoms with Gasteiger partial charge in [0.25, 0.3) is 0 Å². The van der Waals surface area contributed by atoms with E-state index in [-0.39, 0.29) is 18.8 Å². The van der Waals surface area contributed by atoms with Gasteiger partial charge in [0.1, 0.15) is 5.82 Å². The first-order chi connectivity index (χ1) is 12.7. The molecule has 2 aromatic carbocycles. The van der Waals surface area contributed by atoms with Crippen LogP contribution in [0.1, 0.15) is 24.0 Å². The number of hydrogen-bond acceptors (Lipinski definition) is 2. The van der Waals surface area contributed by atoms with Gasteiger partial charge in [-0.1, -0.05) is 30.3 Å². The molecule has 0 aliphatic carbocycles. The van der Waals surface area contributed by atoms with Crippen LogP contribution in [0.4, 0.5) is 28.0 Å². The normalized spacial score (nSPS) is 16.9. The summed E-state index contributed by atoms with van der Waals surface area (Å²) in [5.74, 6) is -1.09. The molecule has 2 N–H and O–H groups in total. The first-order valence-electron chi connectivity index (χ1n) is 8.39. The number of alkyl halides is 3. The highest BCUT2D eigenvalue weighted by molar-refractivity contribution is 5.89. The predicted octanol–water partition coefficient (Wildman–Crippen LogP) is 4.36. The lowest BCUT2D eigenvalue weighted by atomic mass is 9.84. The van der Waals surface area contributed by atoms with Crippen LogP contribution in [0.3, 0.4) is 0 Å². The van der Waals surface area contributed by atoms with E-state index < -0.39 is 29.2 Å². The van der Waals surface area contributed by atoms with Gasteiger partial charge in [0.2, 0.25) is 0 Å². The Morgan fingerprint density at radius 2 is 1.70 bits per heavy atom. The summed E-state index contributed by atoms with van der Waals surface area (Å²) < 4.78 is 51.7. The van der Waals surface area contributed by atoms with Gasteiger partial charge in [-0.3, -0.25) is 0 Å². The van der Waals surface area contributed by atoms with Crippen LogP contribution in [-0.2, 0) is 11.8 Å². The van der Waals surface area contributed by atoms with E-state index in [1.807, 2.05) is 18.2 Å². The van der Waals surface area contributed by atoms with Gasteiger partial charge in [0.05, 0.1) is 11.2 Å². The molecule has 8 heteroatoms. The quantitative estimate of drug-likeness (QED) is 0.759. The Morgan fingerprint density at radius 3 is 2.30 bits per heavy atom. The number of rotatable bonds is 2. The Labute approximate surface area is 153 Å². The monoisotopic (exact) mass is 382 g/mol. The van der Waals surface area contributed by atoms with Gasteiger partial charge in [-0.25, -0.2) is 9.18 Å². The molecular weight excluding hydrogens is 364 g/mol. The fourth-order valence-corrected chi connectivity index (χ4v) is 3.14. The average Bonchev–Trinajstić information content (AvgIpc) is 2.62. The summed E-state index contributed by atoms with van der Waals surface area (Å²) in [5, 5.41) is 13.1. The van der Waals surface area contributed by atoms with Crippen molar-refractivity contribution in [2.45, 2.75) is 24.6 Å². The van der Waals surface area contributed by atoms with Crippen LogP contribution < -0.4 is 5.32 Å². The summed E-state index contributed by atoms with van der Waals surface area (Å²) in [6, 6.07) is 10.3. The van der Waals surface area contributed by atoms with Gasteiger partial charge in [0, 0.05) is 18.8 Å². The van der Waals surface area contributed by atoms with E-state index in [4.69, 9.17) is 0 Å². The third-order valence-corrected chi connectivity index (χ3v) is 4.67. The molecule has 0 saturated carbocycles. The maximum Gasteiger partial charge on any atom is 0.416 e. The summed E-state index contributed by atoms with van der Waals surface area (Å²) in [6.07, 6.45) is -4.12. The van der Waals surface area contributed by atoms with Crippen LogP contribution in [0.5, 0.6) is 0 Å². The number of carbonyl (C=O) groups excluding carboxylic acids is 1. The minimum Gasteiger partial charge on any atom is -0.385 e. The summed E-state index contributed by atoms with van der Waals surface area (Å²) in [5.41, 5.74) is -1.74. The minimum absolute atomic E-state index is 0.221. The average molecular weight is 382 g/mol. The number of hydrogen-bond donors (Lipinski definition) is 2. The van der Waals surface area contributed by atoms with E-state index in [1.165, 1.54) is 4.90 Å². The molecule has 0 spiro atoms. The van der Waals surface area contributed by atoms with Crippen molar-refractivity contribution >= 4 is 11.7 Å². The molecule has 1 aliphatic rings. The van der Waals surface area contributed by atoms with E-state index in [2.05, 4.69) is 5.32 Å². The predicted molar refractivity (Wildman–Crippen MR) is 91.6 cm³/mol. The Bertz CT molecular complexity index is 816. The number of carbonyl (C=O) groups is 1. The maximum atomic E-state index is 13.4. The molecule has 3 rings (SSSR count). The number of benzene rings is 2. The molecule has 1 fully saturated rings. The van der Waals surface area contributed by atoms with Gasteiger partial charge in [-0.15, -0.1) is 0 Å². The third-order valence-electron chi connectivity index (χ3n) is 4.67. The van der Waals surface area contributed by atoms with Gasteiger partial charge in [0.15, 0.2) is 0 Å². The van der Waals surface area contributed by atoms with Crippen molar-refractivity contribution in [1.82, 2.24) is 4.90 Å². The molecule has 4 nitrogen and oxygen atoms in total. The molecule has 1 aliphatic heterocycles. The van der Waals surface area contributed by atoms with Gasteiger partial charge in [-0.05, 0) is 36.6 Å². The van der Waals surface area contributed by atoms with Crippen LogP contribution in [0.15, 0.2) is 48.5 Å². The SMILES string of the molecule is O=C(Nc1cc(F)cc(C(F)(F)F)c1)N1CCC(O)(c2ccccc2)CC1. The van der Waals surface area contributed by atoms with Crippen LogP contribution in [0.2, 0.25) is 0 Å². The van der Waals surface area contributed by atoms with E-state index in [1.54, 1.807) is 12.1 Å². The van der Waals surface area contributed by atoms with E-state index in [9.17, 15) is 27.5 Å². The zero-order valence-corrected chi connectivity index (χ0v) is 14.3. The maximum absolute atomic E-state index is 13.4. The second kappa shape index (κ2) is 7.19. The van der Waals surface area contributed by atoms with E-state index in [0.29, 0.717) is 25.0 Å². The van der Waals surface area contributed by atoms with Crippen molar-refractivity contribution in [3.05, 3.63) is 65.5 Å². The Hall–Kier alpha value is -2.61. The van der Waals surface area contributed by atoms with Crippen LogP contribution in [0.25, 0.3) is 0 Å². The molecule has 2 aromatic rings. The Kier molecular flexibility index (Phi) is 5.10. The topological polar surface area (TPSA) is 52.6 Å². The second-order valence-corrected chi connectivity index (χ2v) is 6.54. The molecule has 0 atom stereocenters. The highest BCUT2D eigenvalue weighted by Crippen LogP contribution is 2.34. The molecule has 1 heterocycles. The first kappa shape index (κ1) is 19.2. The lowest BCUT2D eigenvalue weighted by molar-refractivity contribution is -0.137. The smallest absolute Gasteiger partial charge is 0.385 e. The van der Waals surface area contributed by atoms with Crippen molar-refractivity contribution in [2.24, 2.45) is 0 Å². The van der Waals surface area contributed by atoms with Crippen molar-refractivity contribution in [3.8, 4) is 0 Å². The molecule has 144 valence electrons. The largest absolute Gasteiger partial charge is 0.416 e. The number of amides is 2. The fourth-order valence-electron chi connectivity index (χ4n) is 3.14. The highest BCUT2D eigenvalue weighted by Gasteiger charge is 2.36. The molecule has 0 radical (unpaired) electrons. The number of urea groups is 1. The fraction of sp³-hybridized carbons (Fsp3) is 0.316. The van der Waals surface area contributed by atoms with Crippen LogP contribution in [-0.4, -0.2) is 29.1 Å². The van der Waals surface area contributed by atoms with Crippen molar-refractivity contribution in [3.63, 3.8) is 0 Å². The molecular formula is C19H18F4N2O2. The number of piperidine rings is 1. The highest BCUT2D eigenvalue weighted by atomic mass is 19.4. The number of anilines is 1. The summed E-state index contributed by atoms with van der Waals surface area (Å²) >= 11 is 0. The second-order valence-electron chi connectivity index (χ2n) is 6.54. The van der Waals surface area contributed by atoms with Crippen molar-refractivity contribution < 1.29 is 27.5 Å². The minimum atomic E-state index is -4.71. The first-order valence-corrected chi connectivity index (χ1v) is 8.39. The number of nitrogens with one attached hydrogen (secondary N) is 1. The Balaban J connectivity index is 1.66. The molecule has 0 aromatic heterocycles. The standard InChI is InChI=1S/C19H18F4N2O2/c20-15-10-14(19(21,22)23)11-16(12-15)24-17(26)25-8-6-18(27,7-9-25)13-4-2-1-3-5-13/h1-5,10-12,27H,6-9H2,(H,24,26). The number of halogens is 4. The van der Waals surface area contributed by atoms with E-state index in [0.717, 1.165) is 11.6 Å². The number of likely N-dealkylation sites (tertiary alicyclic amines) is 1. The van der Waals surface area contributed by atoms with Gasteiger partial charge in [-0.2, -0.15) is 13.2 Å². The summed E-state index contributed by atoms with van der Waals surface area (Å²) in [4.78, 5) is 13.7. The molecule has 2 amide bonds. The van der Waals surface area contributed by atoms with Gasteiger partial charge < -0.3 is 15.3 Å². The molecule has 27 heavy (non-hydrogen) atoms. The zero-order chi connectivity index (χ0) is 19.7. The lowest BCUT2D eigenvalue weighted by Crippen LogP contribution is -2.46. The number of aliphatic hydroxyl groups is 1. The number of nitrogens with zero attached hydrogens (tertiary/aromatic N) is 1. The summed E-state index contributed by atoms with van der Waals surface area (Å²) in [7, 11) is 0. The zero-order valence-electron chi connectivity index (χ0n) is 14.3. The van der Waals surface area contributed by atoms with Crippen molar-refractivity contribution in [2.75, 3.05) is 18.4 Å². The summed E-state index contributed by atoms with van der Waals surface area (Å²) in [6.45, 7) is 0.442. The van der Waals surface area contributed by atoms with Gasteiger partial charge >= 0.3 is 12.2 Å². The Morgan fingerprint density at radius 1 is 1.07 bits per heavy atom. The molecule has 0 bridgehead atoms. The van der Waals surface area contributed by atoms with Crippen LogP contribution in [0, 0.1) is 5.82 Å². The van der Waals surface area contributed by atoms with Crippen molar-refractivity contribution in [1.29, 1.82) is 0 Å².